The van der Waals surface area contributed by atoms with Gasteiger partial charge in [-0.05, 0) is 45.2 Å². The molecule has 4 nitrogen and oxygen atoms in total. The lowest BCUT2D eigenvalue weighted by molar-refractivity contribution is -0.105. The fourth-order valence-corrected chi connectivity index (χ4v) is 4.41. The van der Waals surface area contributed by atoms with E-state index in [1.807, 2.05) is 0 Å². The van der Waals surface area contributed by atoms with E-state index in [1.165, 1.54) is 24.2 Å². The molecule has 0 atom stereocenters. The quantitative estimate of drug-likeness (QED) is 0.929. The average Bonchev–Trinajstić information content (AvgIpc) is 2.60. The molecule has 1 spiro atoms. The fourth-order valence-electron chi connectivity index (χ4n) is 3.41. The zero-order chi connectivity index (χ0) is 14.5. The summed E-state index contributed by atoms with van der Waals surface area (Å²) >= 11 is 7.11. The molecule has 1 heterocycles. The number of carbonyl (C=O) groups excluding carboxylic acids is 1. The van der Waals surface area contributed by atoms with Crippen molar-refractivity contribution in [2.45, 2.75) is 37.8 Å². The fraction of sp³-hybridized carbons (Fsp3) is 0.643. The van der Waals surface area contributed by atoms with E-state index in [0.29, 0.717) is 26.4 Å². The van der Waals surface area contributed by atoms with Crippen LogP contribution >= 0.6 is 22.9 Å². The third kappa shape index (κ3) is 2.43. The molecular formula is C14H19ClN2O2S. The van der Waals surface area contributed by atoms with Crippen molar-refractivity contribution in [2.24, 2.45) is 11.1 Å². The zero-order valence-electron chi connectivity index (χ0n) is 11.7. The predicted octanol–water partition coefficient (Wildman–Crippen LogP) is 2.75. The number of nitrogens with zero attached hydrogens (tertiary/aromatic N) is 1. The largest absolute Gasteiger partial charge is 0.489 e. The summed E-state index contributed by atoms with van der Waals surface area (Å²) in [6.07, 6.45) is 4.85. The third-order valence-electron chi connectivity index (χ3n) is 4.57. The number of nitrogens with two attached hydrogens (primary N) is 1. The highest BCUT2D eigenvalue weighted by Gasteiger charge is 2.54. The van der Waals surface area contributed by atoms with Crippen molar-refractivity contribution in [1.82, 2.24) is 4.90 Å². The summed E-state index contributed by atoms with van der Waals surface area (Å²) in [6, 6.07) is 2.41. The van der Waals surface area contributed by atoms with E-state index < -0.39 is 5.91 Å². The first-order valence-electron chi connectivity index (χ1n) is 6.81. The molecule has 1 aromatic heterocycles. The van der Waals surface area contributed by atoms with Gasteiger partial charge in [-0.25, -0.2) is 0 Å². The van der Waals surface area contributed by atoms with Crippen molar-refractivity contribution in [3.05, 3.63) is 15.3 Å². The van der Waals surface area contributed by atoms with E-state index in [4.69, 9.17) is 22.1 Å². The summed E-state index contributed by atoms with van der Waals surface area (Å²) in [5.41, 5.74) is 5.81. The topological polar surface area (TPSA) is 55.6 Å². The second-order valence-electron chi connectivity index (χ2n) is 6.28. The highest BCUT2D eigenvalue weighted by Crippen LogP contribution is 2.58. The Morgan fingerprint density at radius 3 is 2.65 bits per heavy atom. The maximum Gasteiger partial charge on any atom is 0.262 e. The molecule has 1 aromatic rings. The predicted molar refractivity (Wildman–Crippen MR) is 80.6 cm³/mol. The van der Waals surface area contributed by atoms with Crippen LogP contribution in [0, 0.1) is 5.41 Å². The van der Waals surface area contributed by atoms with Crippen LogP contribution in [0.2, 0.25) is 4.34 Å². The Labute approximate surface area is 127 Å². The molecule has 0 aliphatic heterocycles. The van der Waals surface area contributed by atoms with Gasteiger partial charge in [0.1, 0.15) is 10.6 Å². The van der Waals surface area contributed by atoms with Gasteiger partial charge in [0.25, 0.3) is 5.91 Å². The Bertz CT molecular complexity index is 529. The normalized spacial score (nSPS) is 32.0. The molecule has 2 aliphatic rings. The Kier molecular flexibility index (Phi) is 3.47. The van der Waals surface area contributed by atoms with Crippen molar-refractivity contribution in [3.8, 4) is 5.75 Å². The first-order valence-corrected chi connectivity index (χ1v) is 8.00. The lowest BCUT2D eigenvalue weighted by Crippen LogP contribution is -2.57. The number of ether oxygens (including phenoxy) is 1. The number of amides is 1. The molecule has 6 heteroatoms. The molecule has 2 aliphatic carbocycles. The third-order valence-corrected chi connectivity index (χ3v) is 5.83. The van der Waals surface area contributed by atoms with Crippen LogP contribution in [0.25, 0.3) is 0 Å². The van der Waals surface area contributed by atoms with Gasteiger partial charge < -0.3 is 15.4 Å². The molecule has 0 saturated heterocycles. The minimum Gasteiger partial charge on any atom is -0.489 e. The van der Waals surface area contributed by atoms with E-state index in [9.17, 15) is 4.79 Å². The smallest absolute Gasteiger partial charge is 0.262 e. The Balaban J connectivity index is 1.56. The van der Waals surface area contributed by atoms with Crippen LogP contribution in [0.5, 0.6) is 5.75 Å². The molecule has 2 N–H and O–H groups in total. The molecule has 2 saturated carbocycles. The van der Waals surface area contributed by atoms with Crippen LogP contribution in [0.15, 0.2) is 6.07 Å². The molecule has 0 unspecified atom stereocenters. The van der Waals surface area contributed by atoms with Gasteiger partial charge >= 0.3 is 0 Å². The number of hydrogen-bond donors (Lipinski definition) is 1. The maximum atomic E-state index is 11.3. The van der Waals surface area contributed by atoms with E-state index in [0.717, 1.165) is 12.8 Å². The van der Waals surface area contributed by atoms with Gasteiger partial charge in [-0.2, -0.15) is 0 Å². The zero-order valence-corrected chi connectivity index (χ0v) is 13.3. The first-order chi connectivity index (χ1) is 9.38. The molecule has 2 fully saturated rings. The monoisotopic (exact) mass is 314 g/mol. The number of thiophene rings is 1. The van der Waals surface area contributed by atoms with Crippen molar-refractivity contribution in [1.29, 1.82) is 0 Å². The van der Waals surface area contributed by atoms with E-state index in [1.54, 1.807) is 6.07 Å². The van der Waals surface area contributed by atoms with Gasteiger partial charge in [0, 0.05) is 12.1 Å². The molecule has 110 valence electrons. The van der Waals surface area contributed by atoms with E-state index >= 15 is 0 Å². The molecule has 20 heavy (non-hydrogen) atoms. The summed E-state index contributed by atoms with van der Waals surface area (Å²) in [6.45, 7) is 0. The Hall–Kier alpha value is -0.780. The molecule has 1 amide bonds. The standard InChI is InChI=1S/C14H19ClN2O2S/c1-17(2)8-4-14(5-8)6-9(7-14)19-10-3-11(15)20-12(10)13(16)18/h3,8-9H,4-7H2,1-2H3,(H2,16,18). The SMILES string of the molecule is CN(C)C1CC2(CC(Oc3cc(Cl)sc3C(N)=O)C2)C1. The molecule has 3 rings (SSSR count). The summed E-state index contributed by atoms with van der Waals surface area (Å²) in [4.78, 5) is 14.0. The van der Waals surface area contributed by atoms with Crippen LogP contribution in [0.3, 0.4) is 0 Å². The highest BCUT2D eigenvalue weighted by atomic mass is 35.5. The Morgan fingerprint density at radius 1 is 1.45 bits per heavy atom. The second kappa shape index (κ2) is 4.90. The van der Waals surface area contributed by atoms with Crippen LogP contribution in [-0.4, -0.2) is 37.0 Å². The summed E-state index contributed by atoms with van der Waals surface area (Å²) in [7, 11) is 4.27. The van der Waals surface area contributed by atoms with Crippen LogP contribution < -0.4 is 10.5 Å². The van der Waals surface area contributed by atoms with E-state index in [-0.39, 0.29) is 6.10 Å². The maximum absolute atomic E-state index is 11.3. The van der Waals surface area contributed by atoms with Gasteiger partial charge in [0.05, 0.1) is 10.4 Å². The minimum atomic E-state index is -0.470. The average molecular weight is 315 g/mol. The van der Waals surface area contributed by atoms with Gasteiger partial charge in [-0.3, -0.25) is 4.79 Å². The first kappa shape index (κ1) is 14.2. The lowest BCUT2D eigenvalue weighted by Gasteiger charge is -2.58. The van der Waals surface area contributed by atoms with Gasteiger partial charge in [-0.1, -0.05) is 11.6 Å². The lowest BCUT2D eigenvalue weighted by atomic mass is 9.52. The number of hydrogen-bond acceptors (Lipinski definition) is 4. The summed E-state index contributed by atoms with van der Waals surface area (Å²) in [5.74, 6) is 0.0816. The second-order valence-corrected chi connectivity index (χ2v) is 7.97. The van der Waals surface area contributed by atoms with Gasteiger partial charge in [0.15, 0.2) is 0 Å². The molecular weight excluding hydrogens is 296 g/mol. The number of halogens is 1. The Morgan fingerprint density at radius 2 is 2.10 bits per heavy atom. The van der Waals surface area contributed by atoms with Crippen LogP contribution in [0.4, 0.5) is 0 Å². The molecule has 0 bridgehead atoms. The summed E-state index contributed by atoms with van der Waals surface area (Å²) in [5, 5.41) is 0. The number of carbonyl (C=O) groups is 1. The van der Waals surface area contributed by atoms with Crippen molar-refractivity contribution in [2.75, 3.05) is 14.1 Å². The van der Waals surface area contributed by atoms with Crippen molar-refractivity contribution < 1.29 is 9.53 Å². The minimum absolute atomic E-state index is 0.196. The summed E-state index contributed by atoms with van der Waals surface area (Å²) < 4.78 is 6.44. The van der Waals surface area contributed by atoms with E-state index in [2.05, 4.69) is 19.0 Å². The van der Waals surface area contributed by atoms with Crippen molar-refractivity contribution in [3.63, 3.8) is 0 Å². The van der Waals surface area contributed by atoms with Crippen LogP contribution in [0.1, 0.15) is 35.4 Å². The number of primary amides is 1. The van der Waals surface area contributed by atoms with Crippen molar-refractivity contribution >= 4 is 28.8 Å². The highest BCUT2D eigenvalue weighted by molar-refractivity contribution is 7.18. The number of rotatable bonds is 4. The van der Waals surface area contributed by atoms with Gasteiger partial charge in [-0.15, -0.1) is 11.3 Å². The van der Waals surface area contributed by atoms with Gasteiger partial charge in [0.2, 0.25) is 0 Å². The van der Waals surface area contributed by atoms with Crippen LogP contribution in [-0.2, 0) is 0 Å². The molecule has 0 aromatic carbocycles. The molecule has 0 radical (unpaired) electrons.